The Morgan fingerprint density at radius 3 is 2.69 bits per heavy atom. The molecule has 1 unspecified atom stereocenters. The van der Waals surface area contributed by atoms with Crippen molar-refractivity contribution in [2.24, 2.45) is 12.8 Å². The van der Waals surface area contributed by atoms with Gasteiger partial charge in [-0.3, -0.25) is 10.1 Å². The van der Waals surface area contributed by atoms with Crippen LogP contribution in [0.15, 0.2) is 4.52 Å². The largest absolute Gasteiger partial charge is 0.353 e. The van der Waals surface area contributed by atoms with Crippen molar-refractivity contribution in [3.05, 3.63) is 27.5 Å². The van der Waals surface area contributed by atoms with E-state index in [2.05, 4.69) is 20.6 Å². The molecule has 0 bridgehead atoms. The van der Waals surface area contributed by atoms with Crippen LogP contribution in [0.4, 0.5) is 11.5 Å². The summed E-state index contributed by atoms with van der Waals surface area (Å²) >= 11 is 0. The highest BCUT2D eigenvalue weighted by Gasteiger charge is 2.37. The van der Waals surface area contributed by atoms with Crippen molar-refractivity contribution in [3.63, 3.8) is 0 Å². The molecule has 2 aromatic heterocycles. The maximum Gasteiger partial charge on any atom is 0.333 e. The van der Waals surface area contributed by atoms with Gasteiger partial charge in [-0.1, -0.05) is 24.9 Å². The Bertz CT molecular complexity index is 782. The molecule has 1 atom stereocenters. The highest BCUT2D eigenvalue weighted by molar-refractivity contribution is 5.85. The summed E-state index contributed by atoms with van der Waals surface area (Å²) in [6, 6.07) is -0.361. The summed E-state index contributed by atoms with van der Waals surface area (Å²) in [7, 11) is 1.65. The SMILES string of the molecule is CCC(Nc1c([N+](=O)[O-])c(C)nn1C)c1nc(C2(N)CCCC2)no1.Cl. The van der Waals surface area contributed by atoms with Gasteiger partial charge < -0.3 is 15.6 Å². The van der Waals surface area contributed by atoms with Gasteiger partial charge in [-0.15, -0.1) is 12.4 Å². The van der Waals surface area contributed by atoms with Crippen LogP contribution in [-0.4, -0.2) is 24.8 Å². The maximum atomic E-state index is 11.3. The number of halogens is 1. The second-order valence-corrected chi connectivity index (χ2v) is 6.59. The molecular formula is C15H24ClN7O3. The third kappa shape index (κ3) is 3.51. The zero-order chi connectivity index (χ0) is 18.2. The van der Waals surface area contributed by atoms with Crippen molar-refractivity contribution in [1.82, 2.24) is 19.9 Å². The standard InChI is InChI=1S/C15H23N7O3.ClH/c1-4-10(17-12-11(22(23)24)9(2)19-21(12)3)13-18-14(20-25-13)15(16)7-5-6-8-15;/h10,17H,4-8,16H2,1-3H3;1H. The molecular weight excluding hydrogens is 362 g/mol. The molecule has 26 heavy (non-hydrogen) atoms. The molecule has 2 heterocycles. The van der Waals surface area contributed by atoms with Crippen LogP contribution in [-0.2, 0) is 12.6 Å². The molecule has 0 spiro atoms. The topological polar surface area (TPSA) is 138 Å². The molecule has 0 radical (unpaired) electrons. The number of aromatic nitrogens is 4. The average molecular weight is 386 g/mol. The molecule has 11 heteroatoms. The normalized spacial score (nSPS) is 16.9. The van der Waals surface area contributed by atoms with E-state index in [1.165, 1.54) is 4.68 Å². The number of hydrogen-bond donors (Lipinski definition) is 2. The first-order chi connectivity index (χ1) is 11.9. The molecule has 3 rings (SSSR count). The van der Waals surface area contributed by atoms with Crippen LogP contribution in [0, 0.1) is 17.0 Å². The van der Waals surface area contributed by atoms with Gasteiger partial charge in [0.25, 0.3) is 0 Å². The van der Waals surface area contributed by atoms with Gasteiger partial charge in [-0.05, 0) is 26.2 Å². The van der Waals surface area contributed by atoms with Crippen molar-refractivity contribution in [2.45, 2.75) is 57.5 Å². The van der Waals surface area contributed by atoms with Crippen molar-refractivity contribution >= 4 is 23.9 Å². The third-order valence-electron chi connectivity index (χ3n) is 4.77. The number of nitro groups is 1. The Morgan fingerprint density at radius 1 is 1.46 bits per heavy atom. The Labute approximate surface area is 157 Å². The summed E-state index contributed by atoms with van der Waals surface area (Å²) in [5.41, 5.74) is 6.14. The van der Waals surface area contributed by atoms with Crippen LogP contribution >= 0.6 is 12.4 Å². The molecule has 1 aliphatic rings. The minimum atomic E-state index is -0.533. The van der Waals surface area contributed by atoms with Crippen molar-refractivity contribution in [2.75, 3.05) is 5.32 Å². The molecule has 0 aliphatic heterocycles. The molecule has 1 aliphatic carbocycles. The molecule has 0 saturated heterocycles. The Kier molecular flexibility index (Phi) is 5.87. The predicted octanol–water partition coefficient (Wildman–Crippen LogP) is 2.73. The number of nitrogens with two attached hydrogens (primary N) is 1. The van der Waals surface area contributed by atoms with Crippen molar-refractivity contribution in [1.29, 1.82) is 0 Å². The summed E-state index contributed by atoms with van der Waals surface area (Å²) in [5, 5.41) is 22.6. The number of rotatable bonds is 6. The average Bonchev–Trinajstić information content (AvgIpc) is 3.25. The van der Waals surface area contributed by atoms with Crippen LogP contribution in [0.1, 0.15) is 62.5 Å². The summed E-state index contributed by atoms with van der Waals surface area (Å²) in [4.78, 5) is 15.4. The molecule has 3 N–H and O–H groups in total. The Morgan fingerprint density at radius 2 is 2.12 bits per heavy atom. The number of hydrogen-bond acceptors (Lipinski definition) is 8. The zero-order valence-corrected chi connectivity index (χ0v) is 15.9. The lowest BCUT2D eigenvalue weighted by molar-refractivity contribution is -0.384. The summed E-state index contributed by atoms with van der Waals surface area (Å²) in [6.45, 7) is 3.54. The van der Waals surface area contributed by atoms with Gasteiger partial charge in [-0.2, -0.15) is 10.1 Å². The van der Waals surface area contributed by atoms with E-state index in [-0.39, 0.29) is 24.1 Å². The third-order valence-corrected chi connectivity index (χ3v) is 4.77. The highest BCUT2D eigenvalue weighted by atomic mass is 35.5. The van der Waals surface area contributed by atoms with Crippen LogP contribution < -0.4 is 11.1 Å². The van der Waals surface area contributed by atoms with Crippen LogP contribution in [0.5, 0.6) is 0 Å². The molecule has 144 valence electrons. The van der Waals surface area contributed by atoms with Gasteiger partial charge in [0.15, 0.2) is 5.82 Å². The van der Waals surface area contributed by atoms with E-state index in [1.807, 2.05) is 6.92 Å². The maximum absolute atomic E-state index is 11.3. The minimum Gasteiger partial charge on any atom is -0.353 e. The van der Waals surface area contributed by atoms with Crippen LogP contribution in [0.3, 0.4) is 0 Å². The summed E-state index contributed by atoms with van der Waals surface area (Å²) in [6.07, 6.45) is 4.39. The molecule has 1 fully saturated rings. The molecule has 10 nitrogen and oxygen atoms in total. The number of nitrogens with one attached hydrogen (secondary N) is 1. The lowest BCUT2D eigenvalue weighted by atomic mass is 9.98. The van der Waals surface area contributed by atoms with E-state index in [4.69, 9.17) is 10.3 Å². The quantitative estimate of drug-likeness (QED) is 0.571. The van der Waals surface area contributed by atoms with Crippen molar-refractivity contribution in [3.8, 4) is 0 Å². The number of aryl methyl sites for hydroxylation is 2. The fourth-order valence-electron chi connectivity index (χ4n) is 3.34. The first-order valence-electron chi connectivity index (χ1n) is 8.43. The van der Waals surface area contributed by atoms with Crippen molar-refractivity contribution < 1.29 is 9.45 Å². The monoisotopic (exact) mass is 385 g/mol. The van der Waals surface area contributed by atoms with Gasteiger partial charge in [0, 0.05) is 7.05 Å². The van der Waals surface area contributed by atoms with Crippen LogP contribution in [0.25, 0.3) is 0 Å². The van der Waals surface area contributed by atoms with E-state index in [0.29, 0.717) is 29.6 Å². The number of nitrogens with zero attached hydrogens (tertiary/aromatic N) is 5. The van der Waals surface area contributed by atoms with Gasteiger partial charge >= 0.3 is 5.69 Å². The smallest absolute Gasteiger partial charge is 0.333 e. The van der Waals surface area contributed by atoms with E-state index in [1.54, 1.807) is 14.0 Å². The van der Waals surface area contributed by atoms with Gasteiger partial charge in [0.05, 0.1) is 10.5 Å². The summed E-state index contributed by atoms with van der Waals surface area (Å²) in [5.74, 6) is 1.20. The second-order valence-electron chi connectivity index (χ2n) is 6.59. The molecule has 1 saturated carbocycles. The minimum absolute atomic E-state index is 0. The summed E-state index contributed by atoms with van der Waals surface area (Å²) < 4.78 is 6.86. The second kappa shape index (κ2) is 7.58. The Balaban J connectivity index is 0.00000243. The first kappa shape index (κ1) is 20.1. The van der Waals surface area contributed by atoms with Crippen LogP contribution in [0.2, 0.25) is 0 Å². The fraction of sp³-hybridized carbons (Fsp3) is 0.667. The molecule has 2 aromatic rings. The van der Waals surface area contributed by atoms with Gasteiger partial charge in [-0.25, -0.2) is 4.68 Å². The molecule has 0 aromatic carbocycles. The lowest BCUT2D eigenvalue weighted by Gasteiger charge is -2.18. The van der Waals surface area contributed by atoms with E-state index >= 15 is 0 Å². The zero-order valence-electron chi connectivity index (χ0n) is 15.1. The van der Waals surface area contributed by atoms with E-state index in [0.717, 1.165) is 25.7 Å². The van der Waals surface area contributed by atoms with E-state index < -0.39 is 10.5 Å². The van der Waals surface area contributed by atoms with E-state index in [9.17, 15) is 10.1 Å². The lowest BCUT2D eigenvalue weighted by Crippen LogP contribution is -2.34. The fourth-order valence-corrected chi connectivity index (χ4v) is 3.34. The predicted molar refractivity (Wildman–Crippen MR) is 97.1 cm³/mol. The van der Waals surface area contributed by atoms with Gasteiger partial charge in [0.1, 0.15) is 11.7 Å². The van der Waals surface area contributed by atoms with Gasteiger partial charge in [0.2, 0.25) is 11.7 Å². The number of anilines is 1. The first-order valence-corrected chi connectivity index (χ1v) is 8.43. The Hall–Kier alpha value is -2.20. The highest BCUT2D eigenvalue weighted by Crippen LogP contribution is 2.36. The molecule has 0 amide bonds.